The summed E-state index contributed by atoms with van der Waals surface area (Å²) in [4.78, 5) is 25.8. The van der Waals surface area contributed by atoms with Gasteiger partial charge in [-0.25, -0.2) is 0 Å². The molecule has 1 aromatic rings. The number of nitrogens with zero attached hydrogens (tertiary/aromatic N) is 1. The molecule has 1 amide bonds. The Morgan fingerprint density at radius 3 is 2.46 bits per heavy atom. The average molecular weight is 349 g/mol. The van der Waals surface area contributed by atoms with Gasteiger partial charge < -0.3 is 9.64 Å². The van der Waals surface area contributed by atoms with Crippen LogP contribution in [-0.4, -0.2) is 35.7 Å². The van der Waals surface area contributed by atoms with Gasteiger partial charge in [0.1, 0.15) is 5.37 Å². The fourth-order valence-electron chi connectivity index (χ4n) is 2.74. The Labute approximate surface area is 148 Å². The molecule has 2 rings (SSSR count). The lowest BCUT2D eigenvalue weighted by molar-refractivity contribution is -0.145. The number of carbonyl (C=O) groups is 2. The minimum Gasteiger partial charge on any atom is -0.466 e. The number of amides is 1. The van der Waals surface area contributed by atoms with E-state index in [1.54, 1.807) is 18.7 Å². The molecule has 0 radical (unpaired) electrons. The second-order valence-electron chi connectivity index (χ2n) is 6.99. The van der Waals surface area contributed by atoms with E-state index in [1.807, 2.05) is 4.90 Å². The fraction of sp³-hybridized carbons (Fsp3) is 0.579. The molecule has 0 bridgehead atoms. The highest BCUT2D eigenvalue weighted by Gasteiger charge is 2.30. The first-order chi connectivity index (χ1) is 11.3. The molecule has 0 aromatic heterocycles. The van der Waals surface area contributed by atoms with E-state index in [4.69, 9.17) is 4.74 Å². The zero-order valence-corrected chi connectivity index (χ0v) is 15.8. The topological polar surface area (TPSA) is 46.6 Å². The van der Waals surface area contributed by atoms with Crippen molar-refractivity contribution in [1.82, 2.24) is 4.90 Å². The van der Waals surface area contributed by atoms with Gasteiger partial charge >= 0.3 is 5.97 Å². The van der Waals surface area contributed by atoms with Crippen LogP contribution in [0.4, 0.5) is 0 Å². The summed E-state index contributed by atoms with van der Waals surface area (Å²) in [5, 5.41) is 0.0497. The molecule has 0 N–H and O–H groups in total. The van der Waals surface area contributed by atoms with Crippen LogP contribution in [0.2, 0.25) is 0 Å². The van der Waals surface area contributed by atoms with E-state index in [-0.39, 0.29) is 35.5 Å². The van der Waals surface area contributed by atoms with E-state index < -0.39 is 0 Å². The highest BCUT2D eigenvalue weighted by Crippen LogP contribution is 2.39. The molecule has 1 fully saturated rings. The van der Waals surface area contributed by atoms with Gasteiger partial charge in [0.05, 0.1) is 13.0 Å². The predicted octanol–water partition coefficient (Wildman–Crippen LogP) is 3.90. The van der Waals surface area contributed by atoms with Crippen LogP contribution in [0.3, 0.4) is 0 Å². The van der Waals surface area contributed by atoms with E-state index >= 15 is 0 Å². The summed E-state index contributed by atoms with van der Waals surface area (Å²) in [5.41, 5.74) is 2.56. The van der Waals surface area contributed by atoms with Crippen LogP contribution in [0.25, 0.3) is 0 Å². The van der Waals surface area contributed by atoms with Crippen LogP contribution < -0.4 is 0 Å². The van der Waals surface area contributed by atoms with Gasteiger partial charge in [-0.2, -0.15) is 0 Å². The first-order valence-electron chi connectivity index (χ1n) is 8.50. The maximum absolute atomic E-state index is 12.5. The number of thioether (sulfide) groups is 1. The van der Waals surface area contributed by atoms with Crippen LogP contribution in [0.15, 0.2) is 24.3 Å². The molecule has 0 aliphatic carbocycles. The summed E-state index contributed by atoms with van der Waals surface area (Å²) in [5.74, 6) is 0.651. The van der Waals surface area contributed by atoms with Gasteiger partial charge in [-0.3, -0.25) is 9.59 Å². The maximum Gasteiger partial charge on any atom is 0.306 e. The second kappa shape index (κ2) is 8.06. The molecule has 1 atom stereocenters. The molecule has 1 aliphatic rings. The van der Waals surface area contributed by atoms with Gasteiger partial charge in [0.25, 0.3) is 0 Å². The van der Waals surface area contributed by atoms with Crippen molar-refractivity contribution in [3.8, 4) is 0 Å². The molecule has 0 spiro atoms. The zero-order chi connectivity index (χ0) is 17.7. The second-order valence-corrected chi connectivity index (χ2v) is 8.18. The molecule has 1 unspecified atom stereocenters. The van der Waals surface area contributed by atoms with E-state index in [0.29, 0.717) is 6.61 Å². The van der Waals surface area contributed by atoms with Gasteiger partial charge in [-0.15, -0.1) is 11.8 Å². The summed E-state index contributed by atoms with van der Waals surface area (Å²) < 4.78 is 4.90. The van der Waals surface area contributed by atoms with Crippen LogP contribution in [0.5, 0.6) is 0 Å². The third-order valence-corrected chi connectivity index (χ3v) is 5.38. The predicted molar refractivity (Wildman–Crippen MR) is 97.9 cm³/mol. The average Bonchev–Trinajstić information content (AvgIpc) is 3.02. The van der Waals surface area contributed by atoms with Crippen LogP contribution >= 0.6 is 11.8 Å². The van der Waals surface area contributed by atoms with Crippen molar-refractivity contribution in [2.45, 2.75) is 51.3 Å². The lowest BCUT2D eigenvalue weighted by Gasteiger charge is -2.25. The summed E-state index contributed by atoms with van der Waals surface area (Å²) in [7, 11) is 0. The molecule has 1 aromatic carbocycles. The van der Waals surface area contributed by atoms with Gasteiger partial charge in [0.2, 0.25) is 5.91 Å². The molecule has 24 heavy (non-hydrogen) atoms. The molecule has 1 heterocycles. The van der Waals surface area contributed by atoms with Gasteiger partial charge in [-0.05, 0) is 23.5 Å². The third kappa shape index (κ3) is 4.76. The quantitative estimate of drug-likeness (QED) is 0.756. The molecule has 4 nitrogen and oxygen atoms in total. The van der Waals surface area contributed by atoms with Crippen molar-refractivity contribution < 1.29 is 14.3 Å². The monoisotopic (exact) mass is 349 g/mol. The summed E-state index contributed by atoms with van der Waals surface area (Å²) in [6, 6.07) is 8.54. The molecule has 1 aliphatic heterocycles. The number of hydrogen-bond donors (Lipinski definition) is 0. The maximum atomic E-state index is 12.5. The Bertz CT molecular complexity index is 577. The largest absolute Gasteiger partial charge is 0.466 e. The molecule has 132 valence electrons. The lowest BCUT2D eigenvalue weighted by Crippen LogP contribution is -2.30. The van der Waals surface area contributed by atoms with Gasteiger partial charge in [0, 0.05) is 18.7 Å². The Balaban J connectivity index is 2.02. The molecular weight excluding hydrogens is 322 g/mol. The minimum atomic E-state index is -0.302. The van der Waals surface area contributed by atoms with Crippen molar-refractivity contribution in [3.05, 3.63) is 35.4 Å². The smallest absolute Gasteiger partial charge is 0.306 e. The number of ether oxygens (including phenoxy) is 1. The number of hydrogen-bond acceptors (Lipinski definition) is 4. The van der Waals surface area contributed by atoms with E-state index in [0.717, 1.165) is 17.9 Å². The first-order valence-corrected chi connectivity index (χ1v) is 9.55. The number of benzene rings is 1. The molecule has 0 saturated carbocycles. The van der Waals surface area contributed by atoms with Crippen molar-refractivity contribution in [2.75, 3.05) is 18.9 Å². The summed E-state index contributed by atoms with van der Waals surface area (Å²) in [6.45, 7) is 9.44. The van der Waals surface area contributed by atoms with Crippen molar-refractivity contribution in [3.63, 3.8) is 0 Å². The van der Waals surface area contributed by atoms with Crippen LogP contribution in [0.1, 0.15) is 57.0 Å². The summed E-state index contributed by atoms with van der Waals surface area (Å²) >= 11 is 1.78. The van der Waals surface area contributed by atoms with Crippen molar-refractivity contribution in [1.29, 1.82) is 0 Å². The van der Waals surface area contributed by atoms with Crippen molar-refractivity contribution in [2.24, 2.45) is 0 Å². The highest BCUT2D eigenvalue weighted by molar-refractivity contribution is 7.99. The molecule has 5 heteroatoms. The summed E-state index contributed by atoms with van der Waals surface area (Å²) in [6.07, 6.45) is 0.374. The Morgan fingerprint density at radius 1 is 1.21 bits per heavy atom. The fourth-order valence-corrected chi connectivity index (χ4v) is 4.01. The van der Waals surface area contributed by atoms with Crippen LogP contribution in [0, 0.1) is 0 Å². The first kappa shape index (κ1) is 18.8. The van der Waals surface area contributed by atoms with E-state index in [1.165, 1.54) is 5.56 Å². The zero-order valence-electron chi connectivity index (χ0n) is 15.0. The van der Waals surface area contributed by atoms with E-state index in [2.05, 4.69) is 45.0 Å². The Hall–Kier alpha value is -1.49. The normalized spacial score (nSPS) is 17.8. The van der Waals surface area contributed by atoms with Crippen LogP contribution in [-0.2, 0) is 19.7 Å². The number of carbonyl (C=O) groups excluding carboxylic acids is 2. The van der Waals surface area contributed by atoms with Gasteiger partial charge in [0.15, 0.2) is 0 Å². The lowest BCUT2D eigenvalue weighted by atomic mass is 9.86. The third-order valence-electron chi connectivity index (χ3n) is 4.12. The van der Waals surface area contributed by atoms with E-state index in [9.17, 15) is 9.59 Å². The molecular formula is C19H27NO3S. The number of esters is 1. The van der Waals surface area contributed by atoms with Gasteiger partial charge in [-0.1, -0.05) is 45.0 Å². The molecule has 1 saturated heterocycles. The number of rotatable bonds is 5. The van der Waals surface area contributed by atoms with Crippen molar-refractivity contribution >= 4 is 23.6 Å². The standard InChI is InChI=1S/C19H27NO3S/c1-5-23-17(22)11-10-16(21)20-12-13-24-18(20)14-6-8-15(9-7-14)19(2,3)4/h6-9,18H,5,10-13H2,1-4H3. The SMILES string of the molecule is CCOC(=O)CCC(=O)N1CCSC1c1ccc(C(C)(C)C)cc1. The Kier molecular flexibility index (Phi) is 6.33. The Morgan fingerprint density at radius 2 is 1.88 bits per heavy atom. The minimum absolute atomic E-state index is 0.0259. The highest BCUT2D eigenvalue weighted by atomic mass is 32.2.